The van der Waals surface area contributed by atoms with E-state index in [9.17, 15) is 19.5 Å². The minimum atomic E-state index is -1.46. The molecule has 5 atom stereocenters. The number of esters is 3. The highest BCUT2D eigenvalue weighted by molar-refractivity contribution is 5.67. The maximum absolute atomic E-state index is 11.5. The average Bonchev–Trinajstić information content (AvgIpc) is 2.60. The molecule has 1 heterocycles. The summed E-state index contributed by atoms with van der Waals surface area (Å²) in [4.78, 5) is 34.2. The van der Waals surface area contributed by atoms with Crippen molar-refractivity contribution in [2.24, 2.45) is 0 Å². The van der Waals surface area contributed by atoms with Crippen LogP contribution in [0.1, 0.15) is 26.3 Å². The van der Waals surface area contributed by atoms with E-state index in [-0.39, 0.29) is 6.61 Å². The van der Waals surface area contributed by atoms with E-state index >= 15 is 0 Å². The summed E-state index contributed by atoms with van der Waals surface area (Å²) in [6.07, 6.45) is -6.18. The monoisotopic (exact) mass is 396 g/mol. The van der Waals surface area contributed by atoms with Gasteiger partial charge in [0.2, 0.25) is 6.29 Å². The van der Waals surface area contributed by atoms with E-state index in [0.29, 0.717) is 5.75 Å². The Morgan fingerprint density at radius 3 is 2.07 bits per heavy atom. The SMILES string of the molecule is CC(=O)OC[C@H]1O[C@H](Oc2ccc(C)cc2)[C@H](O)[C@@H](OC(C)=O)[C@H]1OC(C)=O. The number of hydrogen-bond acceptors (Lipinski definition) is 9. The molecule has 0 spiro atoms. The second kappa shape index (κ2) is 9.52. The fraction of sp³-hybridized carbons (Fsp3) is 0.526. The van der Waals surface area contributed by atoms with Crippen LogP contribution >= 0.6 is 0 Å². The summed E-state index contributed by atoms with van der Waals surface area (Å²) in [6.45, 7) is 5.15. The van der Waals surface area contributed by atoms with Crippen molar-refractivity contribution >= 4 is 17.9 Å². The fourth-order valence-corrected chi connectivity index (χ4v) is 2.74. The van der Waals surface area contributed by atoms with Gasteiger partial charge in [0.1, 0.15) is 18.5 Å². The van der Waals surface area contributed by atoms with E-state index in [1.807, 2.05) is 19.1 Å². The molecule has 9 nitrogen and oxygen atoms in total. The quantitative estimate of drug-likeness (QED) is 0.552. The third kappa shape index (κ3) is 5.93. The maximum atomic E-state index is 11.5. The van der Waals surface area contributed by atoms with Crippen LogP contribution in [0.15, 0.2) is 24.3 Å². The Hall–Kier alpha value is -2.65. The molecule has 0 amide bonds. The summed E-state index contributed by atoms with van der Waals surface area (Å²) < 4.78 is 26.7. The minimum Gasteiger partial charge on any atom is -0.463 e. The Morgan fingerprint density at radius 1 is 0.964 bits per heavy atom. The summed E-state index contributed by atoms with van der Waals surface area (Å²) in [5.41, 5.74) is 1.01. The molecule has 0 unspecified atom stereocenters. The molecule has 1 saturated heterocycles. The summed E-state index contributed by atoms with van der Waals surface area (Å²) >= 11 is 0. The minimum absolute atomic E-state index is 0.286. The van der Waals surface area contributed by atoms with Crippen LogP contribution in [0, 0.1) is 6.92 Å². The molecule has 1 aliphatic heterocycles. The van der Waals surface area contributed by atoms with Gasteiger partial charge in [-0.25, -0.2) is 0 Å². The normalized spacial score (nSPS) is 26.8. The van der Waals surface area contributed by atoms with E-state index < -0.39 is 48.6 Å². The van der Waals surface area contributed by atoms with Crippen molar-refractivity contribution in [2.75, 3.05) is 6.61 Å². The van der Waals surface area contributed by atoms with E-state index in [1.54, 1.807) is 12.1 Å². The van der Waals surface area contributed by atoms with Crippen LogP contribution < -0.4 is 4.74 Å². The predicted octanol–water partition coefficient (Wildman–Crippen LogP) is 0.886. The second-order valence-electron chi connectivity index (χ2n) is 6.42. The van der Waals surface area contributed by atoms with Crippen molar-refractivity contribution in [3.05, 3.63) is 29.8 Å². The van der Waals surface area contributed by atoms with E-state index in [2.05, 4.69) is 0 Å². The summed E-state index contributed by atoms with van der Waals surface area (Å²) in [6, 6.07) is 7.00. The van der Waals surface area contributed by atoms with Crippen LogP contribution in [-0.2, 0) is 33.3 Å². The van der Waals surface area contributed by atoms with Crippen LogP contribution in [-0.4, -0.2) is 60.3 Å². The van der Waals surface area contributed by atoms with Crippen LogP contribution in [0.5, 0.6) is 5.75 Å². The van der Waals surface area contributed by atoms with Gasteiger partial charge in [-0.1, -0.05) is 17.7 Å². The Kier molecular flexibility index (Phi) is 7.36. The van der Waals surface area contributed by atoms with Crippen molar-refractivity contribution in [2.45, 2.75) is 58.4 Å². The van der Waals surface area contributed by atoms with E-state index in [1.165, 1.54) is 6.92 Å². The number of carbonyl (C=O) groups excluding carboxylic acids is 3. The summed E-state index contributed by atoms with van der Waals surface area (Å²) in [5.74, 6) is -1.53. The summed E-state index contributed by atoms with van der Waals surface area (Å²) in [7, 11) is 0. The van der Waals surface area contributed by atoms with Crippen molar-refractivity contribution in [3.63, 3.8) is 0 Å². The number of aryl methyl sites for hydroxylation is 1. The topological polar surface area (TPSA) is 118 Å². The maximum Gasteiger partial charge on any atom is 0.303 e. The zero-order valence-electron chi connectivity index (χ0n) is 16.1. The van der Waals surface area contributed by atoms with Crippen molar-refractivity contribution in [1.29, 1.82) is 0 Å². The first-order valence-corrected chi connectivity index (χ1v) is 8.72. The first-order chi connectivity index (χ1) is 13.2. The van der Waals surface area contributed by atoms with Gasteiger partial charge in [-0.05, 0) is 19.1 Å². The molecular weight excluding hydrogens is 372 g/mol. The van der Waals surface area contributed by atoms with Gasteiger partial charge in [0.05, 0.1) is 0 Å². The van der Waals surface area contributed by atoms with Crippen LogP contribution in [0.4, 0.5) is 0 Å². The van der Waals surface area contributed by atoms with Crippen LogP contribution in [0.3, 0.4) is 0 Å². The number of carbonyl (C=O) groups is 3. The lowest BCUT2D eigenvalue weighted by atomic mass is 9.98. The molecule has 0 aromatic heterocycles. The molecule has 9 heteroatoms. The lowest BCUT2D eigenvalue weighted by Gasteiger charge is -2.42. The number of hydrogen-bond donors (Lipinski definition) is 1. The Morgan fingerprint density at radius 2 is 1.54 bits per heavy atom. The highest BCUT2D eigenvalue weighted by atomic mass is 16.7. The first kappa shape index (κ1) is 21.6. The molecule has 2 rings (SSSR count). The van der Waals surface area contributed by atoms with Gasteiger partial charge >= 0.3 is 17.9 Å². The summed E-state index contributed by atoms with van der Waals surface area (Å²) in [5, 5.41) is 10.6. The average molecular weight is 396 g/mol. The van der Waals surface area contributed by atoms with E-state index in [4.69, 9.17) is 23.7 Å². The van der Waals surface area contributed by atoms with Crippen molar-refractivity contribution in [1.82, 2.24) is 0 Å². The smallest absolute Gasteiger partial charge is 0.303 e. The highest BCUT2D eigenvalue weighted by Gasteiger charge is 2.50. The number of aliphatic hydroxyl groups is 1. The Bertz CT molecular complexity index is 700. The molecule has 1 aromatic carbocycles. The van der Waals surface area contributed by atoms with E-state index in [0.717, 1.165) is 19.4 Å². The Balaban J connectivity index is 2.28. The van der Waals surface area contributed by atoms with Gasteiger partial charge < -0.3 is 28.8 Å². The van der Waals surface area contributed by atoms with Crippen molar-refractivity contribution < 1.29 is 43.2 Å². The molecule has 1 aromatic rings. The first-order valence-electron chi connectivity index (χ1n) is 8.72. The molecular formula is C19H24O9. The van der Waals surface area contributed by atoms with Gasteiger partial charge in [-0.2, -0.15) is 0 Å². The molecule has 0 radical (unpaired) electrons. The predicted molar refractivity (Wildman–Crippen MR) is 94.2 cm³/mol. The fourth-order valence-electron chi connectivity index (χ4n) is 2.74. The Labute approximate surface area is 162 Å². The zero-order valence-corrected chi connectivity index (χ0v) is 16.1. The second-order valence-corrected chi connectivity index (χ2v) is 6.42. The lowest BCUT2D eigenvalue weighted by molar-refractivity contribution is -0.285. The van der Waals surface area contributed by atoms with Gasteiger partial charge in [-0.3, -0.25) is 14.4 Å². The van der Waals surface area contributed by atoms with Gasteiger partial charge in [0.25, 0.3) is 0 Å². The molecule has 28 heavy (non-hydrogen) atoms. The van der Waals surface area contributed by atoms with Crippen molar-refractivity contribution in [3.8, 4) is 5.75 Å². The van der Waals surface area contributed by atoms with Crippen LogP contribution in [0.25, 0.3) is 0 Å². The lowest BCUT2D eigenvalue weighted by Crippen LogP contribution is -2.62. The molecule has 1 aliphatic rings. The largest absolute Gasteiger partial charge is 0.463 e. The van der Waals surface area contributed by atoms with Gasteiger partial charge in [0.15, 0.2) is 18.3 Å². The zero-order chi connectivity index (χ0) is 20.8. The number of rotatable bonds is 6. The molecule has 0 bridgehead atoms. The number of benzene rings is 1. The van der Waals surface area contributed by atoms with Gasteiger partial charge in [-0.15, -0.1) is 0 Å². The third-order valence-corrected chi connectivity index (χ3v) is 3.94. The highest BCUT2D eigenvalue weighted by Crippen LogP contribution is 2.29. The third-order valence-electron chi connectivity index (χ3n) is 3.94. The van der Waals surface area contributed by atoms with Crippen LogP contribution in [0.2, 0.25) is 0 Å². The number of ether oxygens (including phenoxy) is 5. The van der Waals surface area contributed by atoms with Gasteiger partial charge in [0, 0.05) is 20.8 Å². The molecule has 0 aliphatic carbocycles. The standard InChI is InChI=1S/C19H24O9/c1-10-5-7-14(8-6-10)27-19-16(23)18(26-13(4)22)17(25-12(3)21)15(28-19)9-24-11(2)20/h5-8,15-19,23H,9H2,1-4H3/t15-,16-,17+,18-,19+/m1/s1. The molecule has 1 fully saturated rings. The number of aliphatic hydroxyl groups excluding tert-OH is 1. The molecule has 154 valence electrons. The molecule has 1 N–H and O–H groups in total. The molecule has 0 saturated carbocycles.